The van der Waals surface area contributed by atoms with Gasteiger partial charge in [0.15, 0.2) is 11.5 Å². The molecule has 0 aliphatic heterocycles. The van der Waals surface area contributed by atoms with Crippen LogP contribution in [0.2, 0.25) is 0 Å². The third-order valence-corrected chi connectivity index (χ3v) is 3.15. The Morgan fingerprint density at radius 3 is 2.50 bits per heavy atom. The van der Waals surface area contributed by atoms with Crippen molar-refractivity contribution in [2.75, 3.05) is 13.7 Å². The summed E-state index contributed by atoms with van der Waals surface area (Å²) in [6.45, 7) is 10.3. The van der Waals surface area contributed by atoms with Crippen LogP contribution in [0.15, 0.2) is 18.2 Å². The first kappa shape index (κ1) is 16.8. The largest absolute Gasteiger partial charge is 0.493 e. The summed E-state index contributed by atoms with van der Waals surface area (Å²) in [4.78, 5) is 0. The highest BCUT2D eigenvalue weighted by atomic mass is 16.5. The SMILES string of the molecule is COc1cccc(CNC(C)C)c1OCCCC(C)C. The lowest BCUT2D eigenvalue weighted by Gasteiger charge is -2.17. The fourth-order valence-corrected chi connectivity index (χ4v) is 2.00. The second kappa shape index (κ2) is 8.85. The summed E-state index contributed by atoms with van der Waals surface area (Å²) in [6, 6.07) is 6.51. The molecule has 0 saturated heterocycles. The maximum absolute atomic E-state index is 5.98. The van der Waals surface area contributed by atoms with Crippen LogP contribution >= 0.6 is 0 Å². The van der Waals surface area contributed by atoms with Crippen LogP contribution < -0.4 is 14.8 Å². The summed E-state index contributed by atoms with van der Waals surface area (Å²) >= 11 is 0. The number of hydrogen-bond acceptors (Lipinski definition) is 3. The van der Waals surface area contributed by atoms with E-state index in [1.54, 1.807) is 7.11 Å². The Morgan fingerprint density at radius 2 is 1.90 bits per heavy atom. The van der Waals surface area contributed by atoms with Gasteiger partial charge in [0, 0.05) is 18.2 Å². The third kappa shape index (κ3) is 5.83. The molecule has 1 N–H and O–H groups in total. The highest BCUT2D eigenvalue weighted by Gasteiger charge is 2.10. The second-order valence-corrected chi connectivity index (χ2v) is 5.87. The molecule has 1 rings (SSSR count). The maximum Gasteiger partial charge on any atom is 0.165 e. The number of ether oxygens (including phenoxy) is 2. The highest BCUT2D eigenvalue weighted by molar-refractivity contribution is 5.46. The van der Waals surface area contributed by atoms with Crippen molar-refractivity contribution in [2.45, 2.75) is 53.1 Å². The Morgan fingerprint density at radius 1 is 1.15 bits per heavy atom. The van der Waals surface area contributed by atoms with Gasteiger partial charge in [0.2, 0.25) is 0 Å². The molecule has 1 aromatic rings. The van der Waals surface area contributed by atoms with E-state index in [1.807, 2.05) is 12.1 Å². The van der Waals surface area contributed by atoms with Gasteiger partial charge in [0.1, 0.15) is 0 Å². The van der Waals surface area contributed by atoms with Gasteiger partial charge in [0.25, 0.3) is 0 Å². The zero-order valence-electron chi connectivity index (χ0n) is 13.5. The summed E-state index contributed by atoms with van der Waals surface area (Å²) in [7, 11) is 1.69. The van der Waals surface area contributed by atoms with Crippen molar-refractivity contribution in [1.82, 2.24) is 5.32 Å². The number of nitrogens with one attached hydrogen (secondary N) is 1. The molecular formula is C17H29NO2. The Labute approximate surface area is 123 Å². The van der Waals surface area contributed by atoms with Gasteiger partial charge in [0.05, 0.1) is 13.7 Å². The monoisotopic (exact) mass is 279 g/mol. The van der Waals surface area contributed by atoms with Crippen LogP contribution in [-0.2, 0) is 6.54 Å². The lowest BCUT2D eigenvalue weighted by molar-refractivity contribution is 0.276. The lowest BCUT2D eigenvalue weighted by atomic mass is 10.1. The molecule has 0 fully saturated rings. The quantitative estimate of drug-likeness (QED) is 0.693. The minimum absolute atomic E-state index is 0.454. The summed E-state index contributed by atoms with van der Waals surface area (Å²) in [5.41, 5.74) is 1.16. The van der Waals surface area contributed by atoms with E-state index in [0.29, 0.717) is 6.04 Å². The molecule has 0 saturated carbocycles. The molecule has 0 heterocycles. The average Bonchev–Trinajstić information content (AvgIpc) is 2.41. The third-order valence-electron chi connectivity index (χ3n) is 3.15. The Bertz CT molecular complexity index is 389. The molecule has 0 aliphatic carbocycles. The van der Waals surface area contributed by atoms with E-state index < -0.39 is 0 Å². The standard InChI is InChI=1S/C17H29NO2/c1-13(2)8-7-11-20-17-15(12-18-14(3)4)9-6-10-16(17)19-5/h6,9-10,13-14,18H,7-8,11-12H2,1-5H3. The van der Waals surface area contributed by atoms with Gasteiger partial charge in [-0.3, -0.25) is 0 Å². The van der Waals surface area contributed by atoms with E-state index in [2.05, 4.69) is 39.1 Å². The molecule has 114 valence electrons. The van der Waals surface area contributed by atoms with Gasteiger partial charge < -0.3 is 14.8 Å². The van der Waals surface area contributed by atoms with Crippen LogP contribution in [-0.4, -0.2) is 19.8 Å². The average molecular weight is 279 g/mol. The molecule has 0 bridgehead atoms. The number of benzene rings is 1. The van der Waals surface area contributed by atoms with Crippen LogP contribution in [0.4, 0.5) is 0 Å². The number of para-hydroxylation sites is 1. The van der Waals surface area contributed by atoms with E-state index in [-0.39, 0.29) is 0 Å². The van der Waals surface area contributed by atoms with Crippen LogP contribution in [0.1, 0.15) is 46.1 Å². The molecule has 0 aromatic heterocycles. The fraction of sp³-hybridized carbons (Fsp3) is 0.647. The summed E-state index contributed by atoms with van der Waals surface area (Å²) < 4.78 is 11.4. The molecule has 20 heavy (non-hydrogen) atoms. The molecule has 3 heteroatoms. The van der Waals surface area contributed by atoms with E-state index >= 15 is 0 Å². The topological polar surface area (TPSA) is 30.5 Å². The Kier molecular flexibility index (Phi) is 7.45. The van der Waals surface area contributed by atoms with E-state index in [4.69, 9.17) is 9.47 Å². The number of hydrogen-bond donors (Lipinski definition) is 1. The molecule has 0 radical (unpaired) electrons. The van der Waals surface area contributed by atoms with Crippen molar-refractivity contribution < 1.29 is 9.47 Å². The van der Waals surface area contributed by atoms with Crippen molar-refractivity contribution in [1.29, 1.82) is 0 Å². The Balaban J connectivity index is 2.68. The van der Waals surface area contributed by atoms with Crippen molar-refractivity contribution in [3.05, 3.63) is 23.8 Å². The van der Waals surface area contributed by atoms with Crippen molar-refractivity contribution in [3.63, 3.8) is 0 Å². The molecule has 0 unspecified atom stereocenters. The molecule has 0 spiro atoms. The van der Waals surface area contributed by atoms with Crippen molar-refractivity contribution in [3.8, 4) is 11.5 Å². The van der Waals surface area contributed by atoms with E-state index in [9.17, 15) is 0 Å². The van der Waals surface area contributed by atoms with Gasteiger partial charge in [-0.2, -0.15) is 0 Å². The van der Waals surface area contributed by atoms with Crippen LogP contribution in [0.5, 0.6) is 11.5 Å². The van der Waals surface area contributed by atoms with Crippen LogP contribution in [0.25, 0.3) is 0 Å². The minimum Gasteiger partial charge on any atom is -0.493 e. The molecular weight excluding hydrogens is 250 g/mol. The van der Waals surface area contributed by atoms with E-state index in [0.717, 1.165) is 42.6 Å². The van der Waals surface area contributed by atoms with Gasteiger partial charge in [-0.25, -0.2) is 0 Å². The van der Waals surface area contributed by atoms with Crippen molar-refractivity contribution >= 4 is 0 Å². The molecule has 3 nitrogen and oxygen atoms in total. The normalized spacial score (nSPS) is 11.2. The molecule has 0 amide bonds. The first-order valence-corrected chi connectivity index (χ1v) is 7.56. The van der Waals surface area contributed by atoms with Gasteiger partial charge in [-0.15, -0.1) is 0 Å². The lowest BCUT2D eigenvalue weighted by Crippen LogP contribution is -2.22. The zero-order valence-corrected chi connectivity index (χ0v) is 13.5. The number of methoxy groups -OCH3 is 1. The zero-order chi connectivity index (χ0) is 15.0. The first-order valence-electron chi connectivity index (χ1n) is 7.56. The van der Waals surface area contributed by atoms with Crippen molar-refractivity contribution in [2.24, 2.45) is 5.92 Å². The summed E-state index contributed by atoms with van der Waals surface area (Å²) in [5.74, 6) is 2.42. The Hall–Kier alpha value is -1.22. The van der Waals surface area contributed by atoms with Gasteiger partial charge in [-0.05, 0) is 24.8 Å². The minimum atomic E-state index is 0.454. The van der Waals surface area contributed by atoms with Gasteiger partial charge in [-0.1, -0.05) is 39.8 Å². The predicted octanol–water partition coefficient (Wildman–Crippen LogP) is 4.01. The second-order valence-electron chi connectivity index (χ2n) is 5.87. The maximum atomic E-state index is 5.98. The van der Waals surface area contributed by atoms with E-state index in [1.165, 1.54) is 6.42 Å². The number of rotatable bonds is 9. The smallest absolute Gasteiger partial charge is 0.165 e. The predicted molar refractivity (Wildman–Crippen MR) is 84.5 cm³/mol. The molecule has 1 aromatic carbocycles. The summed E-state index contributed by atoms with van der Waals surface area (Å²) in [5, 5.41) is 3.43. The molecule has 0 aliphatic rings. The van der Waals surface area contributed by atoms with Gasteiger partial charge >= 0.3 is 0 Å². The summed E-state index contributed by atoms with van der Waals surface area (Å²) in [6.07, 6.45) is 2.27. The molecule has 0 atom stereocenters. The fourth-order valence-electron chi connectivity index (χ4n) is 2.00. The first-order chi connectivity index (χ1) is 9.54. The highest BCUT2D eigenvalue weighted by Crippen LogP contribution is 2.31. The van der Waals surface area contributed by atoms with Crippen LogP contribution in [0.3, 0.4) is 0 Å². The van der Waals surface area contributed by atoms with Crippen LogP contribution in [0, 0.1) is 5.92 Å².